The molecule has 0 saturated carbocycles. The minimum absolute atomic E-state index is 0.0718. The van der Waals surface area contributed by atoms with E-state index in [9.17, 15) is 9.32 Å². The third-order valence-corrected chi connectivity index (χ3v) is 3.82. The third-order valence-electron chi connectivity index (χ3n) is 2.86. The summed E-state index contributed by atoms with van der Waals surface area (Å²) in [6, 6.07) is 6.55. The number of benzene rings is 1. The van der Waals surface area contributed by atoms with Gasteiger partial charge in [0.1, 0.15) is 12.1 Å². The van der Waals surface area contributed by atoms with E-state index in [4.69, 9.17) is 32.5 Å². The maximum absolute atomic E-state index is 10.7. The number of aliphatic hydroxyl groups is 1. The van der Waals surface area contributed by atoms with Crippen LogP contribution in [0.25, 0.3) is 0 Å². The largest absolute Gasteiger partial charge is 0.468 e. The fraction of sp³-hybridized carbons (Fsp3) is 0.417. The highest BCUT2D eigenvalue weighted by Gasteiger charge is 2.34. The summed E-state index contributed by atoms with van der Waals surface area (Å²) in [4.78, 5) is 3.26. The van der Waals surface area contributed by atoms with Gasteiger partial charge in [0, 0.05) is 0 Å². The predicted octanol–water partition coefficient (Wildman–Crippen LogP) is 2.04. The van der Waals surface area contributed by atoms with Gasteiger partial charge in [-0.2, -0.15) is 0 Å². The van der Waals surface area contributed by atoms with E-state index in [0.29, 0.717) is 0 Å². The van der Waals surface area contributed by atoms with Gasteiger partial charge < -0.3 is 14.4 Å². The molecule has 0 fully saturated rings. The average Bonchev–Trinajstić information content (AvgIpc) is 2.83. The van der Waals surface area contributed by atoms with Crippen molar-refractivity contribution in [3.63, 3.8) is 0 Å². The first kappa shape index (κ1) is 15.7. The summed E-state index contributed by atoms with van der Waals surface area (Å²) in [6.45, 7) is -0.183. The molecule has 5 nitrogen and oxygen atoms in total. The van der Waals surface area contributed by atoms with Gasteiger partial charge in [0.05, 0.1) is 12.4 Å². The van der Waals surface area contributed by atoms with Crippen LogP contribution in [0.4, 0.5) is 0 Å². The predicted molar refractivity (Wildman–Crippen MR) is 78.5 cm³/mol. The Morgan fingerprint density at radius 2 is 2.00 bits per heavy atom. The molecule has 2 rings (SSSR count). The minimum Gasteiger partial charge on any atom is -0.468 e. The zero-order valence-corrected chi connectivity index (χ0v) is 12.6. The van der Waals surface area contributed by atoms with E-state index >= 15 is 0 Å². The van der Waals surface area contributed by atoms with Crippen LogP contribution in [0.2, 0.25) is 0 Å². The summed E-state index contributed by atoms with van der Waals surface area (Å²) in [6.07, 6.45) is -0.455. The minimum atomic E-state index is -1.87. The first-order valence-electron chi connectivity index (χ1n) is 5.81. The Kier molecular flexibility index (Phi) is 5.40. The Balaban J connectivity index is 2.14. The van der Waals surface area contributed by atoms with Gasteiger partial charge in [-0.05, 0) is 11.1 Å². The second-order valence-electron chi connectivity index (χ2n) is 4.26. The van der Waals surface area contributed by atoms with Gasteiger partial charge in [-0.1, -0.05) is 47.5 Å². The molecular weight excluding hydrogens is 325 g/mol. The molecule has 0 aromatic heterocycles. The lowest BCUT2D eigenvalue weighted by molar-refractivity contribution is 0.150. The van der Waals surface area contributed by atoms with E-state index in [2.05, 4.69) is 4.99 Å². The molecule has 3 atom stereocenters. The van der Waals surface area contributed by atoms with Gasteiger partial charge in [0.15, 0.2) is 15.9 Å². The Morgan fingerprint density at radius 1 is 1.35 bits per heavy atom. The highest BCUT2D eigenvalue weighted by molar-refractivity contribution is 7.78. The van der Waals surface area contributed by atoms with Crippen molar-refractivity contribution in [1.82, 2.24) is 0 Å². The molecule has 110 valence electrons. The molecule has 0 amide bonds. The molecule has 1 aromatic carbocycles. The van der Waals surface area contributed by atoms with Crippen LogP contribution in [-0.2, 0) is 21.6 Å². The fourth-order valence-corrected chi connectivity index (χ4v) is 2.64. The lowest BCUT2D eigenvalue weighted by atomic mass is 10.0. The third kappa shape index (κ3) is 3.71. The van der Waals surface area contributed by atoms with Crippen LogP contribution in [-0.4, -0.2) is 37.3 Å². The molecule has 1 heterocycles. The summed E-state index contributed by atoms with van der Waals surface area (Å²) >= 11 is 9.54. The van der Waals surface area contributed by atoms with E-state index in [1.165, 1.54) is 0 Å². The maximum Gasteiger partial charge on any atom is 0.218 e. The van der Waals surface area contributed by atoms with Crippen LogP contribution in [0, 0.1) is 0 Å². The smallest absolute Gasteiger partial charge is 0.218 e. The number of hydrogen-bond donors (Lipinski definition) is 2. The number of rotatable bonds is 5. The molecule has 1 unspecified atom stereocenters. The molecule has 1 aliphatic heterocycles. The summed E-state index contributed by atoms with van der Waals surface area (Å²) in [5, 5.41) is 9.32. The zero-order chi connectivity index (χ0) is 14.7. The standard InChI is InChI=1S/C12H13Cl2NO4S/c13-11(14)12-15-9(5-16)10(19-12)8-3-1-7(2-4-8)6-20(17)18/h1-4,9-11,16H,5-6H2,(H,17,18)/t9-,10-/m1/s1. The molecule has 20 heavy (non-hydrogen) atoms. The normalized spacial score (nSPS) is 23.6. The van der Waals surface area contributed by atoms with E-state index in [1.807, 2.05) is 0 Å². The van der Waals surface area contributed by atoms with Crippen LogP contribution in [0.3, 0.4) is 0 Å². The van der Waals surface area contributed by atoms with Gasteiger partial charge in [-0.3, -0.25) is 0 Å². The zero-order valence-electron chi connectivity index (χ0n) is 10.3. The summed E-state index contributed by atoms with van der Waals surface area (Å²) in [5.41, 5.74) is 1.53. The average molecular weight is 338 g/mol. The van der Waals surface area contributed by atoms with Crippen LogP contribution in [0.15, 0.2) is 29.3 Å². The second kappa shape index (κ2) is 6.87. The van der Waals surface area contributed by atoms with E-state index < -0.39 is 28.1 Å². The lowest BCUT2D eigenvalue weighted by Gasteiger charge is -2.17. The van der Waals surface area contributed by atoms with E-state index in [1.54, 1.807) is 24.3 Å². The first-order valence-corrected chi connectivity index (χ1v) is 7.95. The van der Waals surface area contributed by atoms with Crippen molar-refractivity contribution in [3.05, 3.63) is 35.4 Å². The second-order valence-corrected chi connectivity index (χ2v) is 6.29. The molecule has 0 saturated heterocycles. The van der Waals surface area contributed by atoms with Crippen LogP contribution in [0.5, 0.6) is 0 Å². The number of alkyl halides is 2. The van der Waals surface area contributed by atoms with Crippen LogP contribution in [0.1, 0.15) is 17.2 Å². The molecule has 0 bridgehead atoms. The van der Waals surface area contributed by atoms with Gasteiger partial charge in [-0.15, -0.1) is 0 Å². The van der Waals surface area contributed by atoms with Crippen molar-refractivity contribution in [3.8, 4) is 0 Å². The first-order chi connectivity index (χ1) is 9.51. The number of aliphatic hydroxyl groups excluding tert-OH is 1. The van der Waals surface area contributed by atoms with Crippen molar-refractivity contribution in [2.24, 2.45) is 4.99 Å². The van der Waals surface area contributed by atoms with Gasteiger partial charge in [0.2, 0.25) is 5.90 Å². The Labute approximate surface area is 128 Å². The van der Waals surface area contributed by atoms with Crippen molar-refractivity contribution < 1.29 is 18.6 Å². The monoisotopic (exact) mass is 337 g/mol. The van der Waals surface area contributed by atoms with Crippen LogP contribution >= 0.6 is 23.2 Å². The Hall–Kier alpha value is -0.660. The van der Waals surface area contributed by atoms with Crippen molar-refractivity contribution in [2.45, 2.75) is 22.7 Å². The van der Waals surface area contributed by atoms with Crippen molar-refractivity contribution >= 4 is 40.2 Å². The fourth-order valence-electron chi connectivity index (χ4n) is 1.95. The van der Waals surface area contributed by atoms with E-state index in [0.717, 1.165) is 11.1 Å². The highest BCUT2D eigenvalue weighted by atomic mass is 35.5. The number of halogens is 2. The lowest BCUT2D eigenvalue weighted by Crippen LogP contribution is -2.18. The van der Waals surface area contributed by atoms with E-state index in [-0.39, 0.29) is 18.3 Å². The molecule has 1 aliphatic rings. The Morgan fingerprint density at radius 3 is 2.50 bits per heavy atom. The highest BCUT2D eigenvalue weighted by Crippen LogP contribution is 2.31. The quantitative estimate of drug-likeness (QED) is 0.636. The van der Waals surface area contributed by atoms with Gasteiger partial charge >= 0.3 is 0 Å². The SMILES string of the molecule is O=S(O)Cc1ccc([C@H]2OC(C(Cl)Cl)=N[C@@H]2CO)cc1. The number of aliphatic imine (C=N–C) groups is 1. The molecule has 0 spiro atoms. The van der Waals surface area contributed by atoms with Gasteiger partial charge in [-0.25, -0.2) is 9.20 Å². The van der Waals surface area contributed by atoms with Crippen molar-refractivity contribution in [2.75, 3.05) is 6.61 Å². The van der Waals surface area contributed by atoms with Crippen LogP contribution < -0.4 is 0 Å². The summed E-state index contributed by atoms with van der Waals surface area (Å²) < 4.78 is 25.1. The summed E-state index contributed by atoms with van der Waals surface area (Å²) in [5.74, 6) is 0.264. The van der Waals surface area contributed by atoms with Gasteiger partial charge in [0.25, 0.3) is 0 Å². The summed E-state index contributed by atoms with van der Waals surface area (Å²) in [7, 11) is 0. The Bertz CT molecular complexity index is 521. The van der Waals surface area contributed by atoms with Crippen molar-refractivity contribution in [1.29, 1.82) is 0 Å². The molecule has 0 aliphatic carbocycles. The maximum atomic E-state index is 10.7. The molecule has 1 aromatic rings. The molecular formula is C12H13Cl2NO4S. The molecule has 8 heteroatoms. The number of ether oxygens (including phenoxy) is 1. The topological polar surface area (TPSA) is 79.1 Å². The molecule has 0 radical (unpaired) electrons. The number of hydrogen-bond acceptors (Lipinski definition) is 4. The molecule has 2 N–H and O–H groups in total. The number of nitrogens with zero attached hydrogens (tertiary/aromatic N) is 1.